The van der Waals surface area contributed by atoms with Crippen LogP contribution >= 0.6 is 0 Å². The van der Waals surface area contributed by atoms with Gasteiger partial charge in [-0.15, -0.1) is 0 Å². The molecule has 1 fully saturated rings. The highest BCUT2D eigenvalue weighted by Gasteiger charge is 2.42. The standard InChI is InChI=1S/C9H15BN/c1-7-4-8(2)9(5-7,6-11)10-3/h7-8H,4-5H2,1-3H3. The van der Waals surface area contributed by atoms with Gasteiger partial charge in [-0.3, -0.25) is 0 Å². The second kappa shape index (κ2) is 2.89. The third-order valence-electron chi connectivity index (χ3n) is 3.04. The number of nitriles is 1. The molecule has 0 spiro atoms. The van der Waals surface area contributed by atoms with Gasteiger partial charge in [-0.25, -0.2) is 0 Å². The van der Waals surface area contributed by atoms with Crippen molar-refractivity contribution in [2.24, 2.45) is 11.8 Å². The van der Waals surface area contributed by atoms with Crippen LogP contribution in [-0.4, -0.2) is 7.28 Å². The second-order valence-electron chi connectivity index (χ2n) is 3.89. The fraction of sp³-hybridized carbons (Fsp3) is 0.889. The molecule has 0 bridgehead atoms. The summed E-state index contributed by atoms with van der Waals surface area (Å²) in [4.78, 5) is 0. The van der Waals surface area contributed by atoms with Crippen molar-refractivity contribution in [1.29, 1.82) is 5.26 Å². The minimum absolute atomic E-state index is 0.112. The van der Waals surface area contributed by atoms with E-state index in [1.54, 1.807) is 0 Å². The van der Waals surface area contributed by atoms with E-state index in [0.29, 0.717) is 5.92 Å². The molecule has 11 heavy (non-hydrogen) atoms. The molecule has 0 saturated heterocycles. The average Bonchev–Trinajstić information content (AvgIpc) is 2.27. The Hall–Kier alpha value is -0.445. The monoisotopic (exact) mass is 148 g/mol. The Bertz CT molecular complexity index is 184. The third-order valence-corrected chi connectivity index (χ3v) is 3.04. The van der Waals surface area contributed by atoms with Crippen LogP contribution in [0, 0.1) is 23.2 Å². The van der Waals surface area contributed by atoms with Gasteiger partial charge in [0.15, 0.2) is 0 Å². The zero-order valence-electron chi connectivity index (χ0n) is 7.59. The van der Waals surface area contributed by atoms with Crippen molar-refractivity contribution < 1.29 is 0 Å². The van der Waals surface area contributed by atoms with Crippen LogP contribution in [0.25, 0.3) is 0 Å². The SMILES string of the molecule is C[B]C1(C#N)CC(C)CC1C. The molecule has 3 unspecified atom stereocenters. The van der Waals surface area contributed by atoms with E-state index in [9.17, 15) is 0 Å². The van der Waals surface area contributed by atoms with Crippen LogP contribution in [0.1, 0.15) is 26.7 Å². The molecule has 0 heterocycles. The van der Waals surface area contributed by atoms with E-state index in [4.69, 9.17) is 5.26 Å². The van der Waals surface area contributed by atoms with Gasteiger partial charge in [-0.1, -0.05) is 20.7 Å². The number of rotatable bonds is 1. The molecule has 0 aromatic rings. The summed E-state index contributed by atoms with van der Waals surface area (Å²) < 4.78 is 0. The average molecular weight is 148 g/mol. The summed E-state index contributed by atoms with van der Waals surface area (Å²) in [5.41, 5.74) is 0. The van der Waals surface area contributed by atoms with Crippen LogP contribution in [0.2, 0.25) is 12.1 Å². The molecule has 1 rings (SSSR count). The van der Waals surface area contributed by atoms with Crippen LogP contribution in [0.5, 0.6) is 0 Å². The Morgan fingerprint density at radius 1 is 1.55 bits per heavy atom. The summed E-state index contributed by atoms with van der Waals surface area (Å²) in [6, 6.07) is 2.45. The Balaban J connectivity index is 2.78. The lowest BCUT2D eigenvalue weighted by Gasteiger charge is -2.23. The molecule has 0 aromatic carbocycles. The van der Waals surface area contributed by atoms with Crippen LogP contribution < -0.4 is 0 Å². The molecule has 0 amide bonds. The quantitative estimate of drug-likeness (QED) is 0.524. The Kier molecular flexibility index (Phi) is 2.27. The maximum atomic E-state index is 9.02. The summed E-state index contributed by atoms with van der Waals surface area (Å²) in [6.07, 6.45) is 2.26. The zero-order chi connectivity index (χ0) is 8.48. The van der Waals surface area contributed by atoms with E-state index in [0.717, 1.165) is 12.3 Å². The van der Waals surface area contributed by atoms with Crippen LogP contribution in [0.4, 0.5) is 0 Å². The molecular weight excluding hydrogens is 133 g/mol. The van der Waals surface area contributed by atoms with Gasteiger partial charge in [0.05, 0.1) is 6.07 Å². The van der Waals surface area contributed by atoms with E-state index in [1.807, 2.05) is 6.82 Å². The Morgan fingerprint density at radius 3 is 2.36 bits per heavy atom. The molecule has 2 heteroatoms. The number of hydrogen-bond donors (Lipinski definition) is 0. The molecule has 3 atom stereocenters. The minimum atomic E-state index is -0.112. The second-order valence-corrected chi connectivity index (χ2v) is 3.89. The first kappa shape index (κ1) is 8.65. The highest BCUT2D eigenvalue weighted by molar-refractivity contribution is 6.39. The van der Waals surface area contributed by atoms with Crippen molar-refractivity contribution >= 4 is 7.28 Å². The first-order valence-electron chi connectivity index (χ1n) is 4.36. The maximum Gasteiger partial charge on any atom is 0.134 e. The normalized spacial score (nSPS) is 43.5. The molecule has 0 aromatic heterocycles. The van der Waals surface area contributed by atoms with Crippen molar-refractivity contribution in [3.8, 4) is 6.07 Å². The van der Waals surface area contributed by atoms with E-state index >= 15 is 0 Å². The van der Waals surface area contributed by atoms with Gasteiger partial charge in [0.25, 0.3) is 0 Å². The van der Waals surface area contributed by atoms with Gasteiger partial charge in [0, 0.05) is 5.31 Å². The van der Waals surface area contributed by atoms with Crippen LogP contribution in [-0.2, 0) is 0 Å². The van der Waals surface area contributed by atoms with Gasteiger partial charge in [-0.2, -0.15) is 5.26 Å². The zero-order valence-corrected chi connectivity index (χ0v) is 7.59. The number of nitrogens with zero attached hydrogens (tertiary/aromatic N) is 1. The largest absolute Gasteiger partial charge is 0.199 e. The lowest BCUT2D eigenvalue weighted by molar-refractivity contribution is 0.522. The molecule has 1 nitrogen and oxygen atoms in total. The third kappa shape index (κ3) is 1.29. The van der Waals surface area contributed by atoms with E-state index in [2.05, 4.69) is 27.2 Å². The smallest absolute Gasteiger partial charge is 0.134 e. The molecule has 1 radical (unpaired) electrons. The van der Waals surface area contributed by atoms with Crippen molar-refractivity contribution in [2.75, 3.05) is 0 Å². The van der Waals surface area contributed by atoms with Gasteiger partial charge in [-0.05, 0) is 24.7 Å². The fourth-order valence-electron chi connectivity index (χ4n) is 2.30. The lowest BCUT2D eigenvalue weighted by Crippen LogP contribution is -2.19. The van der Waals surface area contributed by atoms with Gasteiger partial charge in [0.2, 0.25) is 0 Å². The van der Waals surface area contributed by atoms with Crippen LogP contribution in [0.3, 0.4) is 0 Å². The molecule has 59 valence electrons. The summed E-state index contributed by atoms with van der Waals surface area (Å²) >= 11 is 0. The van der Waals surface area contributed by atoms with Gasteiger partial charge >= 0.3 is 0 Å². The molecular formula is C9H15BN. The Labute approximate surface area is 70.0 Å². The van der Waals surface area contributed by atoms with Crippen molar-refractivity contribution in [1.82, 2.24) is 0 Å². The summed E-state index contributed by atoms with van der Waals surface area (Å²) in [5.74, 6) is 1.27. The minimum Gasteiger partial charge on any atom is -0.199 e. The maximum absolute atomic E-state index is 9.02. The molecule has 1 aliphatic carbocycles. The predicted molar refractivity (Wildman–Crippen MR) is 47.5 cm³/mol. The molecule has 1 saturated carbocycles. The summed E-state index contributed by atoms with van der Waals surface area (Å²) in [5, 5.41) is 8.91. The first-order valence-corrected chi connectivity index (χ1v) is 4.36. The van der Waals surface area contributed by atoms with Gasteiger partial charge < -0.3 is 0 Å². The fourth-order valence-corrected chi connectivity index (χ4v) is 2.30. The highest BCUT2D eigenvalue weighted by atomic mass is 14.4. The summed E-state index contributed by atoms with van der Waals surface area (Å²) in [7, 11) is 2.08. The van der Waals surface area contributed by atoms with E-state index in [-0.39, 0.29) is 5.31 Å². The highest BCUT2D eigenvalue weighted by Crippen LogP contribution is 2.50. The molecule has 0 N–H and O–H groups in total. The van der Waals surface area contributed by atoms with E-state index < -0.39 is 0 Å². The van der Waals surface area contributed by atoms with Crippen molar-refractivity contribution in [2.45, 2.75) is 38.8 Å². The van der Waals surface area contributed by atoms with Crippen molar-refractivity contribution in [3.63, 3.8) is 0 Å². The first-order chi connectivity index (χ1) is 5.14. The van der Waals surface area contributed by atoms with Gasteiger partial charge in [0.1, 0.15) is 7.28 Å². The van der Waals surface area contributed by atoms with E-state index in [1.165, 1.54) is 6.42 Å². The molecule has 0 aliphatic heterocycles. The van der Waals surface area contributed by atoms with Crippen molar-refractivity contribution in [3.05, 3.63) is 0 Å². The molecule has 1 aliphatic rings. The number of hydrogen-bond acceptors (Lipinski definition) is 1. The topological polar surface area (TPSA) is 23.8 Å². The lowest BCUT2D eigenvalue weighted by atomic mass is 9.50. The van der Waals surface area contributed by atoms with Crippen LogP contribution in [0.15, 0.2) is 0 Å². The summed E-state index contributed by atoms with van der Waals surface area (Å²) in [6.45, 7) is 6.43. The predicted octanol–water partition coefficient (Wildman–Crippen LogP) is 2.49. The Morgan fingerprint density at radius 2 is 2.18 bits per heavy atom.